The summed E-state index contributed by atoms with van der Waals surface area (Å²) in [6.45, 7) is 5.16. The van der Waals surface area contributed by atoms with Gasteiger partial charge in [0.15, 0.2) is 5.96 Å². The second-order valence-corrected chi connectivity index (χ2v) is 5.13. The van der Waals surface area contributed by atoms with E-state index in [4.69, 9.17) is 4.74 Å². The number of ether oxygens (including phenoxy) is 1. The van der Waals surface area contributed by atoms with Crippen molar-refractivity contribution < 1.29 is 4.74 Å². The van der Waals surface area contributed by atoms with Crippen LogP contribution in [0.5, 0.6) is 5.88 Å². The third kappa shape index (κ3) is 6.02. The standard InChI is InChI=1S/C17H25N5O/c1-3-12-23-16-7-6-15(13-20-16)14-21-17(18-2)19-8-11-22-9-4-5-10-22/h4-7,9-10,13H,3,8,11-12,14H2,1-2H3,(H2,18,19,21). The van der Waals surface area contributed by atoms with E-state index < -0.39 is 0 Å². The molecule has 0 aromatic carbocycles. The van der Waals surface area contributed by atoms with Crippen molar-refractivity contribution in [3.05, 3.63) is 48.4 Å². The van der Waals surface area contributed by atoms with Gasteiger partial charge in [0.05, 0.1) is 6.61 Å². The van der Waals surface area contributed by atoms with Gasteiger partial charge in [0, 0.05) is 51.3 Å². The number of nitrogens with one attached hydrogen (secondary N) is 2. The van der Waals surface area contributed by atoms with E-state index in [0.29, 0.717) is 19.0 Å². The van der Waals surface area contributed by atoms with Crippen molar-refractivity contribution in [1.82, 2.24) is 20.2 Å². The molecule has 0 aliphatic heterocycles. The summed E-state index contributed by atoms with van der Waals surface area (Å²) < 4.78 is 7.60. The molecule has 0 radical (unpaired) electrons. The maximum absolute atomic E-state index is 5.48. The van der Waals surface area contributed by atoms with Crippen LogP contribution in [0.15, 0.2) is 47.8 Å². The SMILES string of the molecule is CCCOc1ccc(CNC(=NC)NCCn2cccc2)cn1. The summed E-state index contributed by atoms with van der Waals surface area (Å²) in [7, 11) is 1.77. The second kappa shape index (κ2) is 9.50. The van der Waals surface area contributed by atoms with Gasteiger partial charge in [0.1, 0.15) is 0 Å². The van der Waals surface area contributed by atoms with Crippen LogP contribution in [-0.2, 0) is 13.1 Å². The first-order chi connectivity index (χ1) is 11.3. The lowest BCUT2D eigenvalue weighted by molar-refractivity contribution is 0.305. The number of guanidine groups is 1. The van der Waals surface area contributed by atoms with Crippen LogP contribution in [-0.4, -0.2) is 35.7 Å². The Morgan fingerprint density at radius 1 is 1.26 bits per heavy atom. The average Bonchev–Trinajstić information content (AvgIpc) is 3.10. The van der Waals surface area contributed by atoms with E-state index in [-0.39, 0.29) is 0 Å². The molecule has 2 aromatic rings. The van der Waals surface area contributed by atoms with Gasteiger partial charge in [0.2, 0.25) is 5.88 Å². The minimum atomic E-state index is 0.671. The summed E-state index contributed by atoms with van der Waals surface area (Å²) in [6.07, 6.45) is 6.90. The Balaban J connectivity index is 1.72. The molecule has 0 fully saturated rings. The van der Waals surface area contributed by atoms with E-state index in [1.165, 1.54) is 0 Å². The number of hydrogen-bond donors (Lipinski definition) is 2. The molecule has 0 aliphatic carbocycles. The Hall–Kier alpha value is -2.50. The summed E-state index contributed by atoms with van der Waals surface area (Å²) in [5, 5.41) is 6.57. The van der Waals surface area contributed by atoms with Crippen molar-refractivity contribution in [2.24, 2.45) is 4.99 Å². The zero-order valence-corrected chi connectivity index (χ0v) is 13.8. The molecular weight excluding hydrogens is 290 g/mol. The number of hydrogen-bond acceptors (Lipinski definition) is 3. The predicted octanol–water partition coefficient (Wildman–Crippen LogP) is 2.04. The van der Waals surface area contributed by atoms with Crippen LogP contribution in [0.2, 0.25) is 0 Å². The van der Waals surface area contributed by atoms with Gasteiger partial charge < -0.3 is 19.9 Å². The molecule has 2 N–H and O–H groups in total. The second-order valence-electron chi connectivity index (χ2n) is 5.13. The summed E-state index contributed by atoms with van der Waals surface area (Å²) in [4.78, 5) is 8.51. The molecule has 2 rings (SSSR count). The molecular formula is C17H25N5O. The first-order valence-electron chi connectivity index (χ1n) is 7.95. The molecule has 0 bridgehead atoms. The highest BCUT2D eigenvalue weighted by molar-refractivity contribution is 5.79. The maximum Gasteiger partial charge on any atom is 0.213 e. The van der Waals surface area contributed by atoms with E-state index >= 15 is 0 Å². The highest BCUT2D eigenvalue weighted by Gasteiger charge is 2.00. The molecule has 0 atom stereocenters. The minimum absolute atomic E-state index is 0.671. The lowest BCUT2D eigenvalue weighted by atomic mass is 10.3. The average molecular weight is 315 g/mol. The van der Waals surface area contributed by atoms with Crippen molar-refractivity contribution in [3.8, 4) is 5.88 Å². The van der Waals surface area contributed by atoms with Crippen LogP contribution in [0.4, 0.5) is 0 Å². The van der Waals surface area contributed by atoms with Crippen molar-refractivity contribution in [1.29, 1.82) is 0 Å². The highest BCUT2D eigenvalue weighted by atomic mass is 16.5. The number of aliphatic imine (C=N–C) groups is 1. The molecule has 2 heterocycles. The summed E-state index contributed by atoms with van der Waals surface area (Å²) in [5.41, 5.74) is 1.09. The fourth-order valence-electron chi connectivity index (χ4n) is 2.04. The van der Waals surface area contributed by atoms with E-state index in [0.717, 1.165) is 31.0 Å². The lowest BCUT2D eigenvalue weighted by Gasteiger charge is -2.12. The van der Waals surface area contributed by atoms with E-state index in [1.54, 1.807) is 7.05 Å². The summed E-state index contributed by atoms with van der Waals surface area (Å²) in [5.74, 6) is 1.45. The minimum Gasteiger partial charge on any atom is -0.478 e. The molecule has 0 aliphatic rings. The Morgan fingerprint density at radius 3 is 2.74 bits per heavy atom. The number of rotatable bonds is 8. The van der Waals surface area contributed by atoms with Crippen LogP contribution >= 0.6 is 0 Å². The third-order valence-electron chi connectivity index (χ3n) is 3.26. The smallest absolute Gasteiger partial charge is 0.213 e. The van der Waals surface area contributed by atoms with E-state index in [1.807, 2.05) is 42.9 Å². The van der Waals surface area contributed by atoms with Gasteiger partial charge >= 0.3 is 0 Å². The predicted molar refractivity (Wildman–Crippen MR) is 92.7 cm³/mol. The van der Waals surface area contributed by atoms with Crippen LogP contribution < -0.4 is 15.4 Å². The first kappa shape index (κ1) is 16.9. The van der Waals surface area contributed by atoms with Gasteiger partial charge in [-0.15, -0.1) is 0 Å². The molecule has 0 saturated carbocycles. The third-order valence-corrected chi connectivity index (χ3v) is 3.26. The Kier molecular flexibility index (Phi) is 6.97. The van der Waals surface area contributed by atoms with Gasteiger partial charge in [0.25, 0.3) is 0 Å². The molecule has 0 amide bonds. The Labute approximate surface area is 137 Å². The Bertz CT molecular complexity index is 578. The van der Waals surface area contributed by atoms with Crippen molar-refractivity contribution in [2.45, 2.75) is 26.4 Å². The zero-order chi connectivity index (χ0) is 16.3. The largest absolute Gasteiger partial charge is 0.478 e. The van der Waals surface area contributed by atoms with Crippen LogP contribution in [0.1, 0.15) is 18.9 Å². The summed E-state index contributed by atoms with van der Waals surface area (Å²) >= 11 is 0. The van der Waals surface area contributed by atoms with Crippen LogP contribution in [0.25, 0.3) is 0 Å². The van der Waals surface area contributed by atoms with Gasteiger partial charge in [-0.3, -0.25) is 4.99 Å². The molecule has 124 valence electrons. The summed E-state index contributed by atoms with van der Waals surface area (Å²) in [6, 6.07) is 7.95. The van der Waals surface area contributed by atoms with Gasteiger partial charge in [-0.2, -0.15) is 0 Å². The fourth-order valence-corrected chi connectivity index (χ4v) is 2.04. The number of nitrogens with zero attached hydrogens (tertiary/aromatic N) is 3. The molecule has 0 unspecified atom stereocenters. The lowest BCUT2D eigenvalue weighted by Crippen LogP contribution is -2.38. The Morgan fingerprint density at radius 2 is 2.09 bits per heavy atom. The van der Waals surface area contributed by atoms with Gasteiger partial charge in [-0.1, -0.05) is 13.0 Å². The molecule has 2 aromatic heterocycles. The molecule has 6 nitrogen and oxygen atoms in total. The fraction of sp³-hybridized carbons (Fsp3) is 0.412. The molecule has 6 heteroatoms. The monoisotopic (exact) mass is 315 g/mol. The first-order valence-corrected chi connectivity index (χ1v) is 7.95. The normalized spacial score (nSPS) is 11.3. The van der Waals surface area contributed by atoms with Crippen molar-refractivity contribution in [2.75, 3.05) is 20.2 Å². The van der Waals surface area contributed by atoms with Gasteiger partial charge in [-0.25, -0.2) is 4.98 Å². The number of aromatic nitrogens is 2. The van der Waals surface area contributed by atoms with Crippen LogP contribution in [0.3, 0.4) is 0 Å². The van der Waals surface area contributed by atoms with Crippen molar-refractivity contribution in [3.63, 3.8) is 0 Å². The van der Waals surface area contributed by atoms with Gasteiger partial charge in [-0.05, 0) is 24.1 Å². The zero-order valence-electron chi connectivity index (χ0n) is 13.8. The van der Waals surface area contributed by atoms with E-state index in [9.17, 15) is 0 Å². The van der Waals surface area contributed by atoms with Crippen LogP contribution in [0, 0.1) is 0 Å². The quantitative estimate of drug-likeness (QED) is 0.578. The number of pyridine rings is 1. The highest BCUT2D eigenvalue weighted by Crippen LogP contribution is 2.07. The molecule has 0 spiro atoms. The topological polar surface area (TPSA) is 63.5 Å². The van der Waals surface area contributed by atoms with E-state index in [2.05, 4.69) is 32.1 Å². The van der Waals surface area contributed by atoms with Crippen molar-refractivity contribution >= 4 is 5.96 Å². The molecule has 0 saturated heterocycles. The molecule has 23 heavy (non-hydrogen) atoms. The maximum atomic E-state index is 5.48.